The van der Waals surface area contributed by atoms with E-state index < -0.39 is 0 Å². The number of halogens is 1. The van der Waals surface area contributed by atoms with Crippen LogP contribution in [0, 0.1) is 6.92 Å². The van der Waals surface area contributed by atoms with Crippen molar-refractivity contribution in [3.8, 4) is 0 Å². The number of aryl methyl sites for hydroxylation is 2. The van der Waals surface area contributed by atoms with Crippen molar-refractivity contribution in [3.63, 3.8) is 0 Å². The van der Waals surface area contributed by atoms with Gasteiger partial charge in [-0.3, -0.25) is 9.58 Å². The predicted octanol–water partition coefficient (Wildman–Crippen LogP) is 3.14. The molecule has 0 aliphatic carbocycles. The lowest BCUT2D eigenvalue weighted by Gasteiger charge is -2.39. The van der Waals surface area contributed by atoms with Gasteiger partial charge in [0.25, 0.3) is 0 Å². The highest BCUT2D eigenvalue weighted by atomic mass is 35.5. The minimum absolute atomic E-state index is 0.648. The molecule has 1 saturated heterocycles. The molecule has 4 heteroatoms. The summed E-state index contributed by atoms with van der Waals surface area (Å²) < 4.78 is 1.77. The average Bonchev–Trinajstić information content (AvgIpc) is 2.49. The minimum atomic E-state index is 0.648. The zero-order valence-electron chi connectivity index (χ0n) is 11.2. The monoisotopic (exact) mass is 255 g/mol. The first-order valence-corrected chi connectivity index (χ1v) is 6.82. The van der Waals surface area contributed by atoms with Crippen LogP contribution < -0.4 is 0 Å². The van der Waals surface area contributed by atoms with Crippen LogP contribution >= 0.6 is 11.6 Å². The number of hydrogen-bond acceptors (Lipinski definition) is 2. The zero-order valence-corrected chi connectivity index (χ0v) is 12.0. The van der Waals surface area contributed by atoms with Crippen molar-refractivity contribution in [2.45, 2.75) is 58.7 Å². The summed E-state index contributed by atoms with van der Waals surface area (Å²) in [6, 6.07) is 1.30. The van der Waals surface area contributed by atoms with Crippen molar-refractivity contribution >= 4 is 11.6 Å². The smallest absolute Gasteiger partial charge is 0.131 e. The van der Waals surface area contributed by atoms with Gasteiger partial charge in [-0.2, -0.15) is 5.10 Å². The Bertz CT molecular complexity index is 390. The molecule has 1 aromatic heterocycles. The Morgan fingerprint density at radius 2 is 1.88 bits per heavy atom. The molecular weight excluding hydrogens is 234 g/mol. The molecule has 0 unspecified atom stereocenters. The van der Waals surface area contributed by atoms with Crippen molar-refractivity contribution in [2.24, 2.45) is 7.05 Å². The van der Waals surface area contributed by atoms with E-state index in [1.54, 1.807) is 4.68 Å². The molecule has 1 aliphatic rings. The Morgan fingerprint density at radius 1 is 1.29 bits per heavy atom. The van der Waals surface area contributed by atoms with Crippen LogP contribution in [0.25, 0.3) is 0 Å². The average molecular weight is 256 g/mol. The molecule has 2 atom stereocenters. The molecule has 0 spiro atoms. The van der Waals surface area contributed by atoms with Crippen LogP contribution in [0.3, 0.4) is 0 Å². The van der Waals surface area contributed by atoms with E-state index in [9.17, 15) is 0 Å². The Kier molecular flexibility index (Phi) is 3.79. The van der Waals surface area contributed by atoms with Crippen molar-refractivity contribution in [2.75, 3.05) is 0 Å². The van der Waals surface area contributed by atoms with Crippen LogP contribution in [-0.4, -0.2) is 26.8 Å². The lowest BCUT2D eigenvalue weighted by atomic mass is 9.97. The van der Waals surface area contributed by atoms with Gasteiger partial charge in [0.05, 0.1) is 5.69 Å². The fourth-order valence-corrected chi connectivity index (χ4v) is 3.06. The second-order valence-electron chi connectivity index (χ2n) is 5.28. The molecular formula is C13H22ClN3. The Hall–Kier alpha value is -0.540. The Labute approximate surface area is 109 Å². The third-order valence-corrected chi connectivity index (χ3v) is 4.46. The van der Waals surface area contributed by atoms with E-state index in [-0.39, 0.29) is 0 Å². The molecule has 0 aromatic carbocycles. The largest absolute Gasteiger partial charge is 0.294 e. The molecule has 1 aliphatic heterocycles. The maximum absolute atomic E-state index is 6.30. The van der Waals surface area contributed by atoms with Gasteiger partial charge in [0.1, 0.15) is 5.15 Å². The number of piperidine rings is 1. The van der Waals surface area contributed by atoms with Gasteiger partial charge in [-0.1, -0.05) is 18.0 Å². The lowest BCUT2D eigenvalue weighted by molar-refractivity contribution is 0.0951. The van der Waals surface area contributed by atoms with Crippen LogP contribution in [0.5, 0.6) is 0 Å². The Balaban J connectivity index is 2.19. The fourth-order valence-electron chi connectivity index (χ4n) is 2.82. The van der Waals surface area contributed by atoms with Crippen LogP contribution in [0.2, 0.25) is 5.15 Å². The number of rotatable bonds is 2. The topological polar surface area (TPSA) is 21.1 Å². The van der Waals surface area contributed by atoms with Crippen molar-refractivity contribution in [1.82, 2.24) is 14.7 Å². The number of aromatic nitrogens is 2. The summed E-state index contributed by atoms with van der Waals surface area (Å²) in [6.07, 6.45) is 3.93. The molecule has 17 heavy (non-hydrogen) atoms. The quantitative estimate of drug-likeness (QED) is 0.810. The Morgan fingerprint density at radius 3 is 2.35 bits per heavy atom. The van der Waals surface area contributed by atoms with Gasteiger partial charge in [0, 0.05) is 31.2 Å². The zero-order chi connectivity index (χ0) is 12.6. The number of nitrogens with zero attached hydrogens (tertiary/aromatic N) is 3. The van der Waals surface area contributed by atoms with Crippen molar-refractivity contribution < 1.29 is 0 Å². The summed E-state index contributed by atoms with van der Waals surface area (Å²) in [5.41, 5.74) is 2.25. The maximum Gasteiger partial charge on any atom is 0.131 e. The summed E-state index contributed by atoms with van der Waals surface area (Å²) >= 11 is 6.30. The van der Waals surface area contributed by atoms with Gasteiger partial charge in [0.2, 0.25) is 0 Å². The second-order valence-corrected chi connectivity index (χ2v) is 5.64. The SMILES string of the molecule is Cc1nn(C)c(Cl)c1CN1[C@H](C)CCC[C@@H]1C. The third-order valence-electron chi connectivity index (χ3n) is 3.99. The van der Waals surface area contributed by atoms with Crippen LogP contribution in [0.4, 0.5) is 0 Å². The van der Waals surface area contributed by atoms with E-state index in [0.29, 0.717) is 12.1 Å². The minimum Gasteiger partial charge on any atom is -0.294 e. The number of likely N-dealkylation sites (tertiary alicyclic amines) is 1. The highest BCUT2D eigenvalue weighted by Gasteiger charge is 2.26. The standard InChI is InChI=1S/C13H22ClN3/c1-9-6-5-7-10(2)17(9)8-12-11(3)15-16(4)13(12)14/h9-10H,5-8H2,1-4H3/t9-,10+. The summed E-state index contributed by atoms with van der Waals surface area (Å²) in [4.78, 5) is 2.55. The highest BCUT2D eigenvalue weighted by molar-refractivity contribution is 6.30. The molecule has 0 bridgehead atoms. The molecule has 0 amide bonds. The van der Waals surface area contributed by atoms with E-state index in [0.717, 1.165) is 17.4 Å². The maximum atomic E-state index is 6.30. The van der Waals surface area contributed by atoms with Gasteiger partial charge in [-0.25, -0.2) is 0 Å². The molecule has 1 aromatic rings. The molecule has 2 heterocycles. The van der Waals surface area contributed by atoms with Gasteiger partial charge < -0.3 is 0 Å². The van der Waals surface area contributed by atoms with Crippen LogP contribution in [0.1, 0.15) is 44.4 Å². The summed E-state index contributed by atoms with van der Waals surface area (Å²) in [5.74, 6) is 0. The molecule has 0 radical (unpaired) electrons. The predicted molar refractivity (Wildman–Crippen MR) is 71.3 cm³/mol. The molecule has 0 N–H and O–H groups in total. The second kappa shape index (κ2) is 4.99. The molecule has 0 saturated carbocycles. The first-order valence-electron chi connectivity index (χ1n) is 6.44. The van der Waals surface area contributed by atoms with Gasteiger partial charge in [0.15, 0.2) is 0 Å². The van der Waals surface area contributed by atoms with Gasteiger partial charge in [-0.05, 0) is 33.6 Å². The summed E-state index contributed by atoms with van der Waals surface area (Å²) in [5, 5.41) is 5.17. The normalized spacial score (nSPS) is 26.4. The fraction of sp³-hybridized carbons (Fsp3) is 0.769. The van der Waals surface area contributed by atoms with E-state index in [4.69, 9.17) is 11.6 Å². The van der Waals surface area contributed by atoms with Gasteiger partial charge >= 0.3 is 0 Å². The van der Waals surface area contributed by atoms with E-state index in [2.05, 4.69) is 23.8 Å². The van der Waals surface area contributed by atoms with Crippen molar-refractivity contribution in [3.05, 3.63) is 16.4 Å². The van der Waals surface area contributed by atoms with Crippen molar-refractivity contribution in [1.29, 1.82) is 0 Å². The van der Waals surface area contributed by atoms with Crippen LogP contribution in [0.15, 0.2) is 0 Å². The highest BCUT2D eigenvalue weighted by Crippen LogP contribution is 2.28. The molecule has 3 nitrogen and oxygen atoms in total. The molecule has 2 rings (SSSR count). The van der Waals surface area contributed by atoms with E-state index >= 15 is 0 Å². The van der Waals surface area contributed by atoms with E-state index in [1.165, 1.54) is 24.8 Å². The van der Waals surface area contributed by atoms with Crippen LogP contribution in [-0.2, 0) is 13.6 Å². The third kappa shape index (κ3) is 2.50. The first kappa shape index (κ1) is 12.9. The molecule has 1 fully saturated rings. The van der Waals surface area contributed by atoms with E-state index in [1.807, 2.05) is 14.0 Å². The number of hydrogen-bond donors (Lipinski definition) is 0. The summed E-state index contributed by atoms with van der Waals surface area (Å²) in [6.45, 7) is 7.60. The summed E-state index contributed by atoms with van der Waals surface area (Å²) in [7, 11) is 1.90. The lowest BCUT2D eigenvalue weighted by Crippen LogP contribution is -2.43. The molecule has 96 valence electrons. The first-order chi connectivity index (χ1) is 8.00. The van der Waals surface area contributed by atoms with Gasteiger partial charge in [-0.15, -0.1) is 0 Å².